The van der Waals surface area contributed by atoms with Crippen LogP contribution < -0.4 is 0 Å². The number of nitrogens with zero attached hydrogens (tertiary/aromatic N) is 1. The van der Waals surface area contributed by atoms with E-state index in [9.17, 15) is 21.6 Å². The van der Waals surface area contributed by atoms with E-state index >= 15 is 0 Å². The van der Waals surface area contributed by atoms with E-state index in [-0.39, 0.29) is 18.2 Å². The first-order chi connectivity index (χ1) is 10.1. The van der Waals surface area contributed by atoms with Gasteiger partial charge in [0.2, 0.25) is 0 Å². The van der Waals surface area contributed by atoms with Gasteiger partial charge in [-0.1, -0.05) is 0 Å². The second-order valence-corrected chi connectivity index (χ2v) is 7.70. The number of alkyl halides is 3. The first-order valence-electron chi connectivity index (χ1n) is 7.47. The van der Waals surface area contributed by atoms with Crippen LogP contribution in [-0.2, 0) is 19.0 Å². The summed E-state index contributed by atoms with van der Waals surface area (Å²) in [5.74, 6) is 0. The smallest absolute Gasteiger partial charge is 0.373 e. The molecule has 2 rings (SSSR count). The van der Waals surface area contributed by atoms with Crippen LogP contribution in [0.1, 0.15) is 39.5 Å². The lowest BCUT2D eigenvalue weighted by Crippen LogP contribution is -2.51. The van der Waals surface area contributed by atoms with Gasteiger partial charge in [-0.2, -0.15) is 21.6 Å². The molecule has 0 aromatic rings. The summed E-state index contributed by atoms with van der Waals surface area (Å²) in [7, 11) is -5.49. The Bertz CT molecular complexity index is 464. The van der Waals surface area contributed by atoms with Crippen molar-refractivity contribution in [2.45, 2.75) is 69.4 Å². The fraction of sp³-hybridized carbons (Fsp3) is 1.00. The molecule has 2 atom stereocenters. The number of morpholine rings is 1. The lowest BCUT2D eigenvalue weighted by atomic mass is 9.91. The third-order valence-electron chi connectivity index (χ3n) is 4.15. The zero-order chi connectivity index (χ0) is 16.5. The van der Waals surface area contributed by atoms with E-state index in [0.29, 0.717) is 25.7 Å². The maximum absolute atomic E-state index is 12.3. The van der Waals surface area contributed by atoms with Crippen LogP contribution in [0.15, 0.2) is 0 Å². The summed E-state index contributed by atoms with van der Waals surface area (Å²) in [6, 6.07) is 0.252. The Morgan fingerprint density at radius 1 is 1.05 bits per heavy atom. The summed E-state index contributed by atoms with van der Waals surface area (Å²) in [5, 5.41) is 0. The quantitative estimate of drug-likeness (QED) is 0.580. The predicted molar refractivity (Wildman–Crippen MR) is 73.7 cm³/mol. The molecule has 0 amide bonds. The normalized spacial score (nSPS) is 35.5. The fourth-order valence-electron chi connectivity index (χ4n) is 3.26. The fourth-order valence-corrected chi connectivity index (χ4v) is 3.92. The molecule has 1 aliphatic carbocycles. The molecule has 0 aromatic carbocycles. The molecule has 1 aliphatic heterocycles. The zero-order valence-electron chi connectivity index (χ0n) is 12.7. The molecule has 0 unspecified atom stereocenters. The van der Waals surface area contributed by atoms with Gasteiger partial charge >= 0.3 is 15.6 Å². The largest absolute Gasteiger partial charge is 0.523 e. The monoisotopic (exact) mass is 345 g/mol. The van der Waals surface area contributed by atoms with Gasteiger partial charge in [-0.3, -0.25) is 9.08 Å². The lowest BCUT2D eigenvalue weighted by molar-refractivity contribution is -0.0880. The molecule has 0 spiro atoms. The Morgan fingerprint density at radius 3 is 2.00 bits per heavy atom. The molecule has 0 N–H and O–H groups in total. The van der Waals surface area contributed by atoms with Crippen molar-refractivity contribution in [3.8, 4) is 0 Å². The van der Waals surface area contributed by atoms with Crippen molar-refractivity contribution in [3.63, 3.8) is 0 Å². The van der Waals surface area contributed by atoms with Crippen LogP contribution >= 0.6 is 0 Å². The molecule has 2 fully saturated rings. The van der Waals surface area contributed by atoms with Crippen molar-refractivity contribution in [1.82, 2.24) is 4.90 Å². The molecule has 9 heteroatoms. The Kier molecular flexibility index (Phi) is 5.41. The van der Waals surface area contributed by atoms with Crippen LogP contribution in [0.3, 0.4) is 0 Å². The minimum absolute atomic E-state index is 0.128. The van der Waals surface area contributed by atoms with Crippen LogP contribution in [0.5, 0.6) is 0 Å². The van der Waals surface area contributed by atoms with Crippen LogP contribution in [0, 0.1) is 0 Å². The summed E-state index contributed by atoms with van der Waals surface area (Å²) in [5.41, 5.74) is -5.35. The number of halogens is 3. The van der Waals surface area contributed by atoms with Gasteiger partial charge in [0, 0.05) is 19.1 Å². The lowest BCUT2D eigenvalue weighted by Gasteiger charge is -2.42. The highest BCUT2D eigenvalue weighted by Gasteiger charge is 2.49. The zero-order valence-corrected chi connectivity index (χ0v) is 13.5. The van der Waals surface area contributed by atoms with Crippen molar-refractivity contribution < 1.29 is 30.5 Å². The van der Waals surface area contributed by atoms with Crippen LogP contribution in [0.25, 0.3) is 0 Å². The van der Waals surface area contributed by atoms with E-state index in [1.54, 1.807) is 0 Å². The highest BCUT2D eigenvalue weighted by Crippen LogP contribution is 2.32. The van der Waals surface area contributed by atoms with Gasteiger partial charge in [0.25, 0.3) is 0 Å². The number of ether oxygens (including phenoxy) is 1. The van der Waals surface area contributed by atoms with Crippen molar-refractivity contribution in [1.29, 1.82) is 0 Å². The van der Waals surface area contributed by atoms with Gasteiger partial charge in [0.05, 0.1) is 18.3 Å². The summed E-state index contributed by atoms with van der Waals surface area (Å²) in [6.45, 7) is 5.57. The topological polar surface area (TPSA) is 55.8 Å². The van der Waals surface area contributed by atoms with E-state index in [1.165, 1.54) is 0 Å². The van der Waals surface area contributed by atoms with Crippen molar-refractivity contribution in [3.05, 3.63) is 0 Å². The molecule has 0 radical (unpaired) electrons. The molecule has 22 heavy (non-hydrogen) atoms. The van der Waals surface area contributed by atoms with Crippen molar-refractivity contribution in [2.75, 3.05) is 13.1 Å². The Morgan fingerprint density at radius 2 is 1.55 bits per heavy atom. The highest BCUT2D eigenvalue weighted by molar-refractivity contribution is 7.87. The standard InChI is InChI=1S/C13H22F3NO4S/c1-9-7-17(8-10(2)20-9)11-3-5-12(6-4-11)21-22(18,19)13(14,15)16/h9-12H,3-8H2,1-2H3/t9-,10+,11?,12?. The van der Waals surface area contributed by atoms with Crippen molar-refractivity contribution in [2.24, 2.45) is 0 Å². The van der Waals surface area contributed by atoms with E-state index in [1.807, 2.05) is 13.8 Å². The summed E-state index contributed by atoms with van der Waals surface area (Å²) in [6.07, 6.45) is 1.29. The van der Waals surface area contributed by atoms with Gasteiger partial charge in [-0.05, 0) is 39.5 Å². The molecular formula is C13H22F3NO4S. The number of rotatable bonds is 3. The van der Waals surface area contributed by atoms with Crippen LogP contribution in [0.2, 0.25) is 0 Å². The Balaban J connectivity index is 1.86. The first kappa shape index (κ1) is 18.0. The first-order valence-corrected chi connectivity index (χ1v) is 8.88. The molecule has 0 bridgehead atoms. The average molecular weight is 345 g/mol. The van der Waals surface area contributed by atoms with Gasteiger partial charge in [-0.15, -0.1) is 0 Å². The second-order valence-electron chi connectivity index (χ2n) is 6.14. The van der Waals surface area contributed by atoms with Gasteiger partial charge in [0.1, 0.15) is 0 Å². The predicted octanol–water partition coefficient (Wildman–Crippen LogP) is 2.27. The number of hydrogen-bond donors (Lipinski definition) is 0. The maximum Gasteiger partial charge on any atom is 0.523 e. The molecule has 2 aliphatic rings. The Hall–Kier alpha value is -0.380. The van der Waals surface area contributed by atoms with Gasteiger partial charge in [-0.25, -0.2) is 0 Å². The van der Waals surface area contributed by atoms with Crippen molar-refractivity contribution >= 4 is 10.1 Å². The van der Waals surface area contributed by atoms with E-state index in [2.05, 4.69) is 9.08 Å². The van der Waals surface area contributed by atoms with E-state index in [0.717, 1.165) is 13.1 Å². The SMILES string of the molecule is C[C@@H]1CN(C2CCC(OS(=O)(=O)C(F)(F)F)CC2)C[C@H](C)O1. The summed E-state index contributed by atoms with van der Waals surface area (Å²) in [4.78, 5) is 2.29. The van der Waals surface area contributed by atoms with Gasteiger partial charge in [0.15, 0.2) is 0 Å². The molecular weight excluding hydrogens is 323 g/mol. The second kappa shape index (κ2) is 6.62. The maximum atomic E-state index is 12.3. The summed E-state index contributed by atoms with van der Waals surface area (Å²) >= 11 is 0. The molecule has 1 saturated heterocycles. The van der Waals surface area contributed by atoms with E-state index in [4.69, 9.17) is 4.74 Å². The third-order valence-corrected chi connectivity index (χ3v) is 5.25. The molecule has 1 heterocycles. The minimum atomic E-state index is -5.49. The minimum Gasteiger partial charge on any atom is -0.373 e. The van der Waals surface area contributed by atoms with Crippen LogP contribution in [-0.4, -0.2) is 56.3 Å². The average Bonchev–Trinajstić information content (AvgIpc) is 2.36. The van der Waals surface area contributed by atoms with Crippen LogP contribution in [0.4, 0.5) is 13.2 Å². The Labute approximate surface area is 128 Å². The molecule has 1 saturated carbocycles. The van der Waals surface area contributed by atoms with Gasteiger partial charge < -0.3 is 4.74 Å². The van der Waals surface area contributed by atoms with E-state index < -0.39 is 21.7 Å². The summed E-state index contributed by atoms with van der Waals surface area (Å²) < 4.78 is 68.9. The molecule has 0 aromatic heterocycles. The molecule has 130 valence electrons. The molecule has 5 nitrogen and oxygen atoms in total. The number of hydrogen-bond acceptors (Lipinski definition) is 5. The third kappa shape index (κ3) is 4.33. The highest BCUT2D eigenvalue weighted by atomic mass is 32.2.